The molecule has 2 aliphatic rings. The second-order valence-electron chi connectivity index (χ2n) is 4.63. The topological polar surface area (TPSA) is 52.6 Å². The number of amides is 1. The number of carbonyl (C=O) groups is 1. The van der Waals surface area contributed by atoms with Crippen molar-refractivity contribution in [3.05, 3.63) is 0 Å². The van der Waals surface area contributed by atoms with Gasteiger partial charge in [-0.1, -0.05) is 0 Å². The first kappa shape index (κ1) is 10.9. The third kappa shape index (κ3) is 2.16. The number of nitrogens with zero attached hydrogens (tertiary/aromatic N) is 1. The molecule has 0 aromatic rings. The first-order valence-corrected chi connectivity index (χ1v) is 5.92. The average Bonchev–Trinajstić information content (AvgIpc) is 2.88. The highest BCUT2D eigenvalue weighted by Gasteiger charge is 2.35. The van der Waals surface area contributed by atoms with Crippen molar-refractivity contribution in [1.29, 1.82) is 0 Å². The number of carbonyl (C=O) groups excluding carboxylic acids is 1. The summed E-state index contributed by atoms with van der Waals surface area (Å²) in [7, 11) is 0. The van der Waals surface area contributed by atoms with Crippen molar-refractivity contribution >= 4 is 5.91 Å². The Hall–Kier alpha value is -0.610. The lowest BCUT2D eigenvalue weighted by Gasteiger charge is -2.29. The number of hydrogen-bond acceptors (Lipinski definition) is 3. The van der Waals surface area contributed by atoms with Gasteiger partial charge in [-0.2, -0.15) is 0 Å². The van der Waals surface area contributed by atoms with Gasteiger partial charge in [0.2, 0.25) is 5.91 Å². The molecular weight excluding hydrogens is 192 g/mol. The highest BCUT2D eigenvalue weighted by molar-refractivity contribution is 5.82. The molecular formula is C11H20N2O2. The second-order valence-corrected chi connectivity index (χ2v) is 4.63. The molecule has 0 aromatic carbocycles. The fourth-order valence-electron chi connectivity index (χ4n) is 2.66. The van der Waals surface area contributed by atoms with Crippen LogP contribution in [0.3, 0.4) is 0 Å². The van der Waals surface area contributed by atoms with E-state index in [1.807, 2.05) is 4.90 Å². The van der Waals surface area contributed by atoms with Crippen LogP contribution in [0.1, 0.15) is 32.6 Å². The van der Waals surface area contributed by atoms with E-state index in [1.54, 1.807) is 6.92 Å². The lowest BCUT2D eigenvalue weighted by atomic mass is 10.1. The summed E-state index contributed by atoms with van der Waals surface area (Å²) < 4.78 is 0. The molecule has 4 heteroatoms. The van der Waals surface area contributed by atoms with Crippen molar-refractivity contribution in [1.82, 2.24) is 10.2 Å². The molecule has 0 spiro atoms. The summed E-state index contributed by atoms with van der Waals surface area (Å²) in [5, 5.41) is 12.8. The fraction of sp³-hybridized carbons (Fsp3) is 0.909. The quantitative estimate of drug-likeness (QED) is 0.683. The maximum absolute atomic E-state index is 12.1. The predicted molar refractivity (Wildman–Crippen MR) is 57.4 cm³/mol. The Morgan fingerprint density at radius 3 is 2.87 bits per heavy atom. The number of rotatable bonds is 2. The maximum Gasteiger partial charge on any atom is 0.240 e. The molecule has 2 rings (SSSR count). The van der Waals surface area contributed by atoms with Crippen LogP contribution in [0.5, 0.6) is 0 Å². The number of hydrogen-bond donors (Lipinski definition) is 2. The minimum Gasteiger partial charge on any atom is -0.391 e. The molecule has 4 nitrogen and oxygen atoms in total. The van der Waals surface area contributed by atoms with Gasteiger partial charge < -0.3 is 15.3 Å². The summed E-state index contributed by atoms with van der Waals surface area (Å²) in [5.41, 5.74) is 0. The molecule has 1 amide bonds. The van der Waals surface area contributed by atoms with Crippen LogP contribution in [0, 0.1) is 0 Å². The average molecular weight is 212 g/mol. The van der Waals surface area contributed by atoms with E-state index in [9.17, 15) is 9.90 Å². The van der Waals surface area contributed by atoms with Gasteiger partial charge in [-0.05, 0) is 39.2 Å². The van der Waals surface area contributed by atoms with Crippen molar-refractivity contribution in [2.45, 2.75) is 50.8 Å². The van der Waals surface area contributed by atoms with Crippen LogP contribution < -0.4 is 5.32 Å². The van der Waals surface area contributed by atoms with Gasteiger partial charge in [-0.15, -0.1) is 0 Å². The summed E-state index contributed by atoms with van der Waals surface area (Å²) in [6.07, 6.45) is 3.59. The van der Waals surface area contributed by atoms with Gasteiger partial charge in [0, 0.05) is 6.54 Å². The smallest absolute Gasteiger partial charge is 0.240 e. The Morgan fingerprint density at radius 2 is 2.27 bits per heavy atom. The standard InChI is InChI=1S/C11H20N2O2/c1-8(14)10-5-3-7-13(10)11(15)9-4-2-6-12-9/h8-10,12,14H,2-7H2,1H3/t8-,9-,10+/m0/s1. The zero-order valence-corrected chi connectivity index (χ0v) is 9.28. The van der Waals surface area contributed by atoms with Crippen molar-refractivity contribution < 1.29 is 9.90 Å². The Balaban J connectivity index is 1.99. The minimum absolute atomic E-state index is 0.00403. The van der Waals surface area contributed by atoms with Crippen LogP contribution in [-0.2, 0) is 4.79 Å². The monoisotopic (exact) mass is 212 g/mol. The van der Waals surface area contributed by atoms with Crippen molar-refractivity contribution in [3.63, 3.8) is 0 Å². The normalized spacial score (nSPS) is 33.3. The first-order chi connectivity index (χ1) is 7.20. The van der Waals surface area contributed by atoms with Gasteiger partial charge in [-0.25, -0.2) is 0 Å². The summed E-state index contributed by atoms with van der Waals surface area (Å²) in [6, 6.07) is 0.0456. The summed E-state index contributed by atoms with van der Waals surface area (Å²) in [5.74, 6) is 0.191. The molecule has 0 aromatic heterocycles. The molecule has 0 saturated carbocycles. The second kappa shape index (κ2) is 4.49. The lowest BCUT2D eigenvalue weighted by Crippen LogP contribution is -2.48. The Bertz CT molecular complexity index is 237. The van der Waals surface area contributed by atoms with Crippen LogP contribution in [0.15, 0.2) is 0 Å². The molecule has 2 aliphatic heterocycles. The van der Waals surface area contributed by atoms with E-state index in [2.05, 4.69) is 5.32 Å². The largest absolute Gasteiger partial charge is 0.391 e. The molecule has 2 fully saturated rings. The van der Waals surface area contributed by atoms with Gasteiger partial charge in [0.25, 0.3) is 0 Å². The Labute approximate surface area is 90.6 Å². The molecule has 2 heterocycles. The molecule has 3 atom stereocenters. The molecule has 15 heavy (non-hydrogen) atoms. The Kier molecular flexibility index (Phi) is 3.26. The van der Waals surface area contributed by atoms with E-state index < -0.39 is 6.10 Å². The number of nitrogens with one attached hydrogen (secondary N) is 1. The highest BCUT2D eigenvalue weighted by Crippen LogP contribution is 2.22. The number of aliphatic hydroxyl groups is 1. The van der Waals surface area contributed by atoms with E-state index in [0.29, 0.717) is 0 Å². The van der Waals surface area contributed by atoms with E-state index >= 15 is 0 Å². The number of aliphatic hydroxyl groups excluding tert-OH is 1. The van der Waals surface area contributed by atoms with Crippen LogP contribution in [-0.4, -0.2) is 47.2 Å². The molecule has 2 N–H and O–H groups in total. The number of likely N-dealkylation sites (tertiary alicyclic amines) is 1. The van der Waals surface area contributed by atoms with E-state index in [0.717, 1.165) is 38.8 Å². The third-order valence-corrected chi connectivity index (χ3v) is 3.50. The zero-order chi connectivity index (χ0) is 10.8. The van der Waals surface area contributed by atoms with Crippen molar-refractivity contribution in [3.8, 4) is 0 Å². The van der Waals surface area contributed by atoms with Gasteiger partial charge in [0.1, 0.15) is 0 Å². The van der Waals surface area contributed by atoms with E-state index in [1.165, 1.54) is 0 Å². The molecule has 0 radical (unpaired) electrons. The predicted octanol–water partition coefficient (Wildman–Crippen LogP) is 0.110. The summed E-state index contributed by atoms with van der Waals surface area (Å²) >= 11 is 0. The maximum atomic E-state index is 12.1. The van der Waals surface area contributed by atoms with Crippen LogP contribution in [0.2, 0.25) is 0 Å². The van der Waals surface area contributed by atoms with Gasteiger partial charge in [0.05, 0.1) is 18.2 Å². The van der Waals surface area contributed by atoms with Crippen LogP contribution >= 0.6 is 0 Å². The molecule has 0 aliphatic carbocycles. The SMILES string of the molecule is C[C@H](O)[C@H]1CCCN1C(=O)[C@@H]1CCCN1. The van der Waals surface area contributed by atoms with E-state index in [4.69, 9.17) is 0 Å². The van der Waals surface area contributed by atoms with Crippen molar-refractivity contribution in [2.24, 2.45) is 0 Å². The molecule has 86 valence electrons. The molecule has 2 saturated heterocycles. The summed E-state index contributed by atoms with van der Waals surface area (Å²) in [4.78, 5) is 14.0. The highest BCUT2D eigenvalue weighted by atomic mass is 16.3. The van der Waals surface area contributed by atoms with Gasteiger partial charge in [-0.3, -0.25) is 4.79 Å². The van der Waals surface area contributed by atoms with E-state index in [-0.39, 0.29) is 18.0 Å². The molecule has 0 unspecified atom stereocenters. The fourth-order valence-corrected chi connectivity index (χ4v) is 2.66. The Morgan fingerprint density at radius 1 is 1.47 bits per heavy atom. The van der Waals surface area contributed by atoms with Gasteiger partial charge in [0.15, 0.2) is 0 Å². The van der Waals surface area contributed by atoms with Gasteiger partial charge >= 0.3 is 0 Å². The zero-order valence-electron chi connectivity index (χ0n) is 9.28. The lowest BCUT2D eigenvalue weighted by molar-refractivity contribution is -0.135. The third-order valence-electron chi connectivity index (χ3n) is 3.50. The summed E-state index contributed by atoms with van der Waals surface area (Å²) in [6.45, 7) is 3.54. The van der Waals surface area contributed by atoms with Crippen LogP contribution in [0.4, 0.5) is 0 Å². The molecule has 0 bridgehead atoms. The van der Waals surface area contributed by atoms with Crippen molar-refractivity contribution in [2.75, 3.05) is 13.1 Å². The minimum atomic E-state index is -0.405. The van der Waals surface area contributed by atoms with Crippen LogP contribution in [0.25, 0.3) is 0 Å². The first-order valence-electron chi connectivity index (χ1n) is 5.92.